The van der Waals surface area contributed by atoms with Gasteiger partial charge in [-0.15, -0.1) is 5.10 Å². The normalized spacial score (nSPS) is 10.6. The first-order valence-electron chi connectivity index (χ1n) is 5.41. The van der Waals surface area contributed by atoms with Crippen LogP contribution in [0.2, 0.25) is 5.02 Å². The topological polar surface area (TPSA) is 30.7 Å². The summed E-state index contributed by atoms with van der Waals surface area (Å²) in [5.74, 6) is 0. The van der Waals surface area contributed by atoms with Crippen LogP contribution < -0.4 is 0 Å². The van der Waals surface area contributed by atoms with Gasteiger partial charge in [0.25, 0.3) is 0 Å². The van der Waals surface area contributed by atoms with Gasteiger partial charge >= 0.3 is 0 Å². The lowest BCUT2D eigenvalue weighted by Crippen LogP contribution is -1.93. The van der Waals surface area contributed by atoms with Crippen LogP contribution >= 0.6 is 11.6 Å². The molecule has 1 heterocycles. The number of nitrogens with zero attached hydrogens (tertiary/aromatic N) is 3. The van der Waals surface area contributed by atoms with Gasteiger partial charge in [-0.25, -0.2) is 0 Å². The Kier molecular flexibility index (Phi) is 3.57. The zero-order chi connectivity index (χ0) is 11.4. The lowest BCUT2D eigenvalue weighted by atomic mass is 10.1. The summed E-state index contributed by atoms with van der Waals surface area (Å²) >= 11 is 5.83. The third kappa shape index (κ3) is 2.83. The Labute approximate surface area is 100 Å². The van der Waals surface area contributed by atoms with Crippen LogP contribution in [-0.4, -0.2) is 15.0 Å². The molecule has 0 saturated heterocycles. The molecule has 0 radical (unpaired) electrons. The summed E-state index contributed by atoms with van der Waals surface area (Å²) in [7, 11) is 0. The molecule has 0 bridgehead atoms. The van der Waals surface area contributed by atoms with Crippen LogP contribution in [0.15, 0.2) is 30.5 Å². The second-order valence-electron chi connectivity index (χ2n) is 3.69. The molecule has 0 aliphatic heterocycles. The van der Waals surface area contributed by atoms with E-state index in [2.05, 4.69) is 17.2 Å². The number of rotatable bonds is 4. The van der Waals surface area contributed by atoms with Crippen molar-refractivity contribution < 1.29 is 0 Å². The molecule has 0 spiro atoms. The number of aryl methyl sites for hydroxylation is 3. The van der Waals surface area contributed by atoms with Crippen LogP contribution in [0.3, 0.4) is 0 Å². The molecule has 0 atom stereocenters. The Bertz CT molecular complexity index is 448. The number of benzene rings is 1. The molecule has 0 N–H and O–H groups in total. The summed E-state index contributed by atoms with van der Waals surface area (Å²) < 4.78 is 1.84. The second-order valence-corrected chi connectivity index (χ2v) is 4.13. The Hall–Kier alpha value is -1.35. The van der Waals surface area contributed by atoms with E-state index in [1.807, 2.05) is 35.1 Å². The molecule has 0 aliphatic rings. The van der Waals surface area contributed by atoms with Crippen molar-refractivity contribution >= 4 is 11.6 Å². The Morgan fingerprint density at radius 3 is 2.56 bits per heavy atom. The van der Waals surface area contributed by atoms with Gasteiger partial charge in [-0.2, -0.15) is 0 Å². The third-order valence-corrected chi connectivity index (χ3v) is 2.75. The van der Waals surface area contributed by atoms with E-state index in [9.17, 15) is 0 Å². The second kappa shape index (κ2) is 5.12. The minimum Gasteiger partial charge on any atom is -0.253 e. The SMILES string of the molecule is CCn1cc(CCc2ccc(Cl)cc2)nn1. The fourth-order valence-electron chi connectivity index (χ4n) is 1.53. The summed E-state index contributed by atoms with van der Waals surface area (Å²) in [6, 6.07) is 7.93. The lowest BCUT2D eigenvalue weighted by molar-refractivity contribution is 0.626. The number of halogens is 1. The van der Waals surface area contributed by atoms with Crippen molar-refractivity contribution in [3.8, 4) is 0 Å². The van der Waals surface area contributed by atoms with Gasteiger partial charge in [0.1, 0.15) is 0 Å². The Morgan fingerprint density at radius 1 is 1.19 bits per heavy atom. The average Bonchev–Trinajstić information content (AvgIpc) is 2.76. The van der Waals surface area contributed by atoms with Gasteiger partial charge in [0.2, 0.25) is 0 Å². The van der Waals surface area contributed by atoms with E-state index >= 15 is 0 Å². The zero-order valence-electron chi connectivity index (χ0n) is 9.23. The summed E-state index contributed by atoms with van der Waals surface area (Å²) in [6.07, 6.45) is 3.89. The smallest absolute Gasteiger partial charge is 0.0830 e. The molecule has 0 saturated carbocycles. The first-order valence-corrected chi connectivity index (χ1v) is 5.79. The van der Waals surface area contributed by atoms with Gasteiger partial charge in [0.05, 0.1) is 5.69 Å². The monoisotopic (exact) mass is 235 g/mol. The molecule has 1 aromatic carbocycles. The number of hydrogen-bond donors (Lipinski definition) is 0. The van der Waals surface area contributed by atoms with E-state index < -0.39 is 0 Å². The zero-order valence-corrected chi connectivity index (χ0v) is 9.98. The van der Waals surface area contributed by atoms with Crippen molar-refractivity contribution in [2.24, 2.45) is 0 Å². The maximum atomic E-state index is 5.83. The largest absolute Gasteiger partial charge is 0.253 e. The standard InChI is InChI=1S/C12H14ClN3/c1-2-16-9-12(14-15-16)8-5-10-3-6-11(13)7-4-10/h3-4,6-7,9H,2,5,8H2,1H3. The molecule has 16 heavy (non-hydrogen) atoms. The molecular weight excluding hydrogens is 222 g/mol. The van der Waals surface area contributed by atoms with Crippen molar-refractivity contribution in [2.45, 2.75) is 26.3 Å². The molecule has 0 fully saturated rings. The highest BCUT2D eigenvalue weighted by molar-refractivity contribution is 6.30. The van der Waals surface area contributed by atoms with E-state index in [0.29, 0.717) is 0 Å². The molecule has 3 nitrogen and oxygen atoms in total. The molecule has 4 heteroatoms. The van der Waals surface area contributed by atoms with Gasteiger partial charge in [0, 0.05) is 17.8 Å². The quantitative estimate of drug-likeness (QED) is 0.816. The molecule has 0 aliphatic carbocycles. The first kappa shape index (κ1) is 11.1. The minimum atomic E-state index is 0.778. The van der Waals surface area contributed by atoms with E-state index in [0.717, 1.165) is 30.1 Å². The number of aromatic nitrogens is 3. The molecule has 2 aromatic rings. The number of hydrogen-bond acceptors (Lipinski definition) is 2. The first-order chi connectivity index (χ1) is 7.78. The molecule has 0 amide bonds. The van der Waals surface area contributed by atoms with Gasteiger partial charge in [-0.3, -0.25) is 4.68 Å². The van der Waals surface area contributed by atoms with Crippen LogP contribution in [0.4, 0.5) is 0 Å². The Balaban J connectivity index is 1.94. The van der Waals surface area contributed by atoms with Crippen molar-refractivity contribution in [1.29, 1.82) is 0 Å². The van der Waals surface area contributed by atoms with Gasteiger partial charge in [-0.05, 0) is 37.5 Å². The fraction of sp³-hybridized carbons (Fsp3) is 0.333. The van der Waals surface area contributed by atoms with E-state index in [1.54, 1.807) is 0 Å². The predicted octanol–water partition coefficient (Wildman–Crippen LogP) is 2.74. The van der Waals surface area contributed by atoms with E-state index in [4.69, 9.17) is 11.6 Å². The van der Waals surface area contributed by atoms with Crippen LogP contribution in [0.1, 0.15) is 18.2 Å². The molecular formula is C12H14ClN3. The summed E-state index contributed by atoms with van der Waals surface area (Å²) in [4.78, 5) is 0. The Morgan fingerprint density at radius 2 is 1.94 bits per heavy atom. The predicted molar refractivity (Wildman–Crippen MR) is 64.6 cm³/mol. The summed E-state index contributed by atoms with van der Waals surface area (Å²) in [5, 5.41) is 8.89. The lowest BCUT2D eigenvalue weighted by Gasteiger charge is -1.98. The third-order valence-electron chi connectivity index (χ3n) is 2.49. The van der Waals surface area contributed by atoms with Crippen LogP contribution in [-0.2, 0) is 19.4 Å². The highest BCUT2D eigenvalue weighted by atomic mass is 35.5. The molecule has 84 valence electrons. The van der Waals surface area contributed by atoms with Gasteiger partial charge < -0.3 is 0 Å². The van der Waals surface area contributed by atoms with Crippen molar-refractivity contribution in [2.75, 3.05) is 0 Å². The molecule has 1 aromatic heterocycles. The fourth-order valence-corrected chi connectivity index (χ4v) is 1.66. The maximum Gasteiger partial charge on any atom is 0.0830 e. The highest BCUT2D eigenvalue weighted by Gasteiger charge is 2.00. The van der Waals surface area contributed by atoms with Crippen molar-refractivity contribution in [3.05, 3.63) is 46.7 Å². The van der Waals surface area contributed by atoms with Gasteiger partial charge in [-0.1, -0.05) is 28.9 Å². The average molecular weight is 236 g/mol. The molecule has 2 rings (SSSR count). The van der Waals surface area contributed by atoms with Gasteiger partial charge in [0.15, 0.2) is 0 Å². The van der Waals surface area contributed by atoms with E-state index in [-0.39, 0.29) is 0 Å². The highest BCUT2D eigenvalue weighted by Crippen LogP contribution is 2.11. The van der Waals surface area contributed by atoms with E-state index in [1.165, 1.54) is 5.56 Å². The van der Waals surface area contributed by atoms with Crippen molar-refractivity contribution in [1.82, 2.24) is 15.0 Å². The summed E-state index contributed by atoms with van der Waals surface area (Å²) in [6.45, 7) is 2.92. The van der Waals surface area contributed by atoms with Crippen LogP contribution in [0.25, 0.3) is 0 Å². The maximum absolute atomic E-state index is 5.83. The summed E-state index contributed by atoms with van der Waals surface area (Å²) in [5.41, 5.74) is 2.31. The van der Waals surface area contributed by atoms with Crippen LogP contribution in [0, 0.1) is 0 Å². The minimum absolute atomic E-state index is 0.778. The molecule has 0 unspecified atom stereocenters. The van der Waals surface area contributed by atoms with Crippen LogP contribution in [0.5, 0.6) is 0 Å². The van der Waals surface area contributed by atoms with Crippen molar-refractivity contribution in [3.63, 3.8) is 0 Å².